The molecule has 3 heteroatoms. The number of benzene rings is 1. The minimum absolute atomic E-state index is 0.0349. The molecule has 72 valence electrons. The molecule has 1 aromatic carbocycles. The van der Waals surface area contributed by atoms with Gasteiger partial charge in [0.2, 0.25) is 0 Å². The molecule has 0 amide bonds. The Morgan fingerprint density at radius 1 is 1.14 bits per heavy atom. The number of hydrogen-bond donors (Lipinski definition) is 1. The summed E-state index contributed by atoms with van der Waals surface area (Å²) in [5.41, 5.74) is 7.17. The van der Waals surface area contributed by atoms with E-state index in [0.717, 1.165) is 10.6 Å². The third-order valence-electron chi connectivity index (χ3n) is 2.08. The van der Waals surface area contributed by atoms with Crippen molar-refractivity contribution in [3.63, 3.8) is 0 Å². The lowest BCUT2D eigenvalue weighted by Crippen LogP contribution is -2.09. The van der Waals surface area contributed by atoms with E-state index < -0.39 is 0 Å². The van der Waals surface area contributed by atoms with E-state index in [1.165, 1.54) is 4.88 Å². The monoisotopic (exact) mass is 223 g/mol. The zero-order valence-electron chi connectivity index (χ0n) is 7.48. The van der Waals surface area contributed by atoms with Crippen LogP contribution >= 0.6 is 22.9 Å². The Morgan fingerprint density at radius 2 is 1.86 bits per heavy atom. The van der Waals surface area contributed by atoms with Crippen LogP contribution in [0.1, 0.15) is 16.5 Å². The normalized spacial score (nSPS) is 12.7. The molecule has 1 nitrogen and oxygen atoms in total. The van der Waals surface area contributed by atoms with Gasteiger partial charge in [0.1, 0.15) is 0 Å². The van der Waals surface area contributed by atoms with Crippen molar-refractivity contribution in [3.05, 3.63) is 57.2 Å². The molecule has 1 aromatic heterocycles. The lowest BCUT2D eigenvalue weighted by atomic mass is 10.1. The first-order valence-corrected chi connectivity index (χ1v) is 5.57. The van der Waals surface area contributed by atoms with Crippen LogP contribution in [0.15, 0.2) is 41.8 Å². The summed E-state index contributed by atoms with van der Waals surface area (Å²) in [5, 5.41) is 2.78. The van der Waals surface area contributed by atoms with Gasteiger partial charge in [0.25, 0.3) is 0 Å². The average Bonchev–Trinajstić information content (AvgIpc) is 2.71. The summed E-state index contributed by atoms with van der Waals surface area (Å²) in [4.78, 5) is 1.17. The predicted molar refractivity (Wildman–Crippen MR) is 61.8 cm³/mol. The quantitative estimate of drug-likeness (QED) is 0.829. The van der Waals surface area contributed by atoms with Crippen molar-refractivity contribution in [2.24, 2.45) is 5.73 Å². The largest absolute Gasteiger partial charge is 0.320 e. The first-order chi connectivity index (χ1) is 6.77. The van der Waals surface area contributed by atoms with Crippen molar-refractivity contribution < 1.29 is 0 Å². The number of nitrogens with two attached hydrogens (primary N) is 1. The van der Waals surface area contributed by atoms with Gasteiger partial charge in [-0.15, -0.1) is 11.3 Å². The van der Waals surface area contributed by atoms with Gasteiger partial charge in [-0.05, 0) is 29.1 Å². The maximum Gasteiger partial charge on any atom is 0.0646 e. The first-order valence-electron chi connectivity index (χ1n) is 4.32. The zero-order valence-corrected chi connectivity index (χ0v) is 9.05. The van der Waals surface area contributed by atoms with E-state index in [-0.39, 0.29) is 6.04 Å². The molecule has 2 aromatic rings. The standard InChI is InChI=1S/C11H10ClNS/c12-9-5-3-8(4-6-9)11(13)10-2-1-7-14-10/h1-7,11H,13H2/t11-/m0/s1. The zero-order chi connectivity index (χ0) is 9.97. The number of halogens is 1. The Bertz CT molecular complexity index is 394. The van der Waals surface area contributed by atoms with E-state index in [0.29, 0.717) is 0 Å². The number of thiophene rings is 1. The Kier molecular flexibility index (Phi) is 2.87. The molecule has 0 aliphatic rings. The molecule has 2 rings (SSSR count). The van der Waals surface area contributed by atoms with Crippen molar-refractivity contribution in [3.8, 4) is 0 Å². The van der Waals surface area contributed by atoms with Crippen LogP contribution in [0.5, 0.6) is 0 Å². The van der Waals surface area contributed by atoms with E-state index in [9.17, 15) is 0 Å². The van der Waals surface area contributed by atoms with Gasteiger partial charge in [0.15, 0.2) is 0 Å². The molecule has 0 aliphatic carbocycles. The van der Waals surface area contributed by atoms with Crippen LogP contribution in [0.3, 0.4) is 0 Å². The molecule has 2 N–H and O–H groups in total. The molecule has 0 saturated heterocycles. The Hall–Kier alpha value is -0.830. The molecule has 0 fully saturated rings. The molecule has 0 saturated carbocycles. The van der Waals surface area contributed by atoms with Gasteiger partial charge < -0.3 is 5.73 Å². The molecular weight excluding hydrogens is 214 g/mol. The highest BCUT2D eigenvalue weighted by Gasteiger charge is 2.08. The van der Waals surface area contributed by atoms with Crippen molar-refractivity contribution in [1.82, 2.24) is 0 Å². The summed E-state index contributed by atoms with van der Waals surface area (Å²) in [6, 6.07) is 11.7. The van der Waals surface area contributed by atoms with E-state index in [2.05, 4.69) is 0 Å². The van der Waals surface area contributed by atoms with Gasteiger partial charge in [-0.2, -0.15) is 0 Å². The molecule has 0 unspecified atom stereocenters. The summed E-state index contributed by atoms with van der Waals surface area (Å²) in [7, 11) is 0. The maximum absolute atomic E-state index is 6.08. The minimum atomic E-state index is -0.0349. The van der Waals surface area contributed by atoms with Gasteiger partial charge in [-0.1, -0.05) is 29.8 Å². The molecule has 0 aliphatic heterocycles. The van der Waals surface area contributed by atoms with Crippen LogP contribution < -0.4 is 5.73 Å². The number of hydrogen-bond acceptors (Lipinski definition) is 2. The van der Waals surface area contributed by atoms with Crippen LogP contribution in [0.25, 0.3) is 0 Å². The Balaban J connectivity index is 2.28. The van der Waals surface area contributed by atoms with Crippen LogP contribution in [-0.4, -0.2) is 0 Å². The third kappa shape index (κ3) is 1.98. The molecule has 14 heavy (non-hydrogen) atoms. The maximum atomic E-state index is 6.08. The first kappa shape index (κ1) is 9.71. The Morgan fingerprint density at radius 3 is 2.43 bits per heavy atom. The average molecular weight is 224 g/mol. The summed E-state index contributed by atoms with van der Waals surface area (Å²) < 4.78 is 0. The van der Waals surface area contributed by atoms with Crippen LogP contribution in [-0.2, 0) is 0 Å². The SMILES string of the molecule is N[C@@H](c1ccc(Cl)cc1)c1cccs1. The predicted octanol–water partition coefficient (Wildman–Crippen LogP) is 3.45. The van der Waals surface area contributed by atoms with Crippen molar-refractivity contribution in [1.29, 1.82) is 0 Å². The second kappa shape index (κ2) is 4.13. The summed E-state index contributed by atoms with van der Waals surface area (Å²) >= 11 is 7.48. The second-order valence-corrected chi connectivity index (χ2v) is 4.46. The summed E-state index contributed by atoms with van der Waals surface area (Å²) in [6.07, 6.45) is 0. The van der Waals surface area contributed by atoms with E-state index in [1.54, 1.807) is 11.3 Å². The smallest absolute Gasteiger partial charge is 0.0646 e. The van der Waals surface area contributed by atoms with Crippen molar-refractivity contribution in [2.75, 3.05) is 0 Å². The fraction of sp³-hybridized carbons (Fsp3) is 0.0909. The van der Waals surface area contributed by atoms with Crippen LogP contribution in [0, 0.1) is 0 Å². The van der Waals surface area contributed by atoms with Crippen LogP contribution in [0.4, 0.5) is 0 Å². The van der Waals surface area contributed by atoms with Gasteiger partial charge in [-0.3, -0.25) is 0 Å². The molecule has 1 atom stereocenters. The lowest BCUT2D eigenvalue weighted by molar-refractivity contribution is 0.894. The molecule has 0 radical (unpaired) electrons. The fourth-order valence-corrected chi connectivity index (χ4v) is 2.18. The fourth-order valence-electron chi connectivity index (χ4n) is 1.30. The van der Waals surface area contributed by atoms with E-state index in [4.69, 9.17) is 17.3 Å². The second-order valence-electron chi connectivity index (χ2n) is 3.04. The van der Waals surface area contributed by atoms with E-state index >= 15 is 0 Å². The molecule has 0 spiro atoms. The van der Waals surface area contributed by atoms with Crippen molar-refractivity contribution >= 4 is 22.9 Å². The van der Waals surface area contributed by atoms with Gasteiger partial charge >= 0.3 is 0 Å². The molecular formula is C11H10ClNS. The van der Waals surface area contributed by atoms with Crippen molar-refractivity contribution in [2.45, 2.75) is 6.04 Å². The number of rotatable bonds is 2. The van der Waals surface area contributed by atoms with Crippen LogP contribution in [0.2, 0.25) is 5.02 Å². The van der Waals surface area contributed by atoms with Gasteiger partial charge in [-0.25, -0.2) is 0 Å². The highest BCUT2D eigenvalue weighted by molar-refractivity contribution is 7.10. The van der Waals surface area contributed by atoms with Gasteiger partial charge in [0.05, 0.1) is 6.04 Å². The molecule has 1 heterocycles. The Labute approximate surface area is 92.1 Å². The topological polar surface area (TPSA) is 26.0 Å². The summed E-state index contributed by atoms with van der Waals surface area (Å²) in [6.45, 7) is 0. The lowest BCUT2D eigenvalue weighted by Gasteiger charge is -2.09. The van der Waals surface area contributed by atoms with E-state index in [1.807, 2.05) is 41.8 Å². The summed E-state index contributed by atoms with van der Waals surface area (Å²) in [5.74, 6) is 0. The highest BCUT2D eigenvalue weighted by Crippen LogP contribution is 2.24. The molecule has 0 bridgehead atoms. The minimum Gasteiger partial charge on any atom is -0.320 e. The highest BCUT2D eigenvalue weighted by atomic mass is 35.5. The third-order valence-corrected chi connectivity index (χ3v) is 3.29. The van der Waals surface area contributed by atoms with Gasteiger partial charge in [0, 0.05) is 9.90 Å².